The Bertz CT molecular complexity index is 1170. The zero-order valence-electron chi connectivity index (χ0n) is 32.1. The summed E-state index contributed by atoms with van der Waals surface area (Å²) in [5.74, 6) is -1.96. The number of nitrogens with one attached hydrogen (secondary N) is 1. The molecule has 3 fully saturated rings. The summed E-state index contributed by atoms with van der Waals surface area (Å²) in [4.78, 5) is 72.7. The number of ether oxygens (including phenoxy) is 4. The van der Waals surface area contributed by atoms with E-state index in [4.69, 9.17) is 18.9 Å². The number of carbonyl (C=O) groups excluding carboxylic acids is 5. The van der Waals surface area contributed by atoms with Gasteiger partial charge in [0, 0.05) is 33.9 Å². The molecule has 2 aliphatic heterocycles. The number of carbonyl (C=O) groups is 5. The molecule has 0 aromatic heterocycles. The summed E-state index contributed by atoms with van der Waals surface area (Å²) >= 11 is 0. The number of likely N-dealkylation sites (N-methyl/N-ethyl adjacent to an activating group) is 1. The maximum absolute atomic E-state index is 14.4. The Labute approximate surface area is 299 Å². The van der Waals surface area contributed by atoms with Crippen LogP contribution in [0.15, 0.2) is 0 Å². The third-order valence-corrected chi connectivity index (χ3v) is 11.4. The number of piperidine rings is 1. The zero-order chi connectivity index (χ0) is 37.3. The van der Waals surface area contributed by atoms with Gasteiger partial charge in [0.25, 0.3) is 0 Å². The van der Waals surface area contributed by atoms with Gasteiger partial charge >= 0.3 is 12.1 Å². The van der Waals surface area contributed by atoms with Crippen molar-refractivity contribution in [2.45, 2.75) is 142 Å². The molecule has 0 spiro atoms. The average Bonchev–Trinajstić information content (AvgIpc) is 3.87. The van der Waals surface area contributed by atoms with Crippen LogP contribution in [-0.4, -0.2) is 128 Å². The molecule has 1 N–H and O–H groups in total. The number of fused-ring (bicyclic) bond motifs is 2. The number of nitrogens with zero attached hydrogens (tertiary/aromatic N) is 3. The molecule has 2 heterocycles. The number of hydrogen-bond donors (Lipinski definition) is 1. The summed E-state index contributed by atoms with van der Waals surface area (Å²) in [5, 5.41) is 3.03. The number of amides is 4. The molecule has 13 nitrogen and oxygen atoms in total. The van der Waals surface area contributed by atoms with E-state index in [0.717, 1.165) is 44.9 Å². The van der Waals surface area contributed by atoms with E-state index in [1.807, 2.05) is 34.6 Å². The molecular weight excluding hydrogens is 644 g/mol. The van der Waals surface area contributed by atoms with Crippen molar-refractivity contribution in [2.24, 2.45) is 23.7 Å². The van der Waals surface area contributed by atoms with E-state index < -0.39 is 48.3 Å². The highest BCUT2D eigenvalue weighted by Crippen LogP contribution is 2.43. The maximum atomic E-state index is 14.4. The Hall–Kier alpha value is -2.93. The van der Waals surface area contributed by atoms with Crippen LogP contribution in [0.5, 0.6) is 0 Å². The summed E-state index contributed by atoms with van der Waals surface area (Å²) in [5.41, 5.74) is 0. The quantitative estimate of drug-likeness (QED) is 0.165. The second-order valence-electron chi connectivity index (χ2n) is 14.9. The van der Waals surface area contributed by atoms with Crippen molar-refractivity contribution in [3.8, 4) is 0 Å². The number of esters is 1. The Kier molecular flexibility index (Phi) is 15.8. The van der Waals surface area contributed by atoms with Crippen LogP contribution in [0.3, 0.4) is 0 Å². The van der Waals surface area contributed by atoms with Crippen molar-refractivity contribution < 1.29 is 42.9 Å². The highest BCUT2D eigenvalue weighted by Gasteiger charge is 2.53. The van der Waals surface area contributed by atoms with Crippen LogP contribution in [0.1, 0.15) is 99.3 Å². The monoisotopic (exact) mass is 708 g/mol. The second-order valence-corrected chi connectivity index (χ2v) is 14.9. The molecule has 0 aromatic carbocycles. The van der Waals surface area contributed by atoms with Gasteiger partial charge in [-0.25, -0.2) is 4.79 Å². The van der Waals surface area contributed by atoms with Gasteiger partial charge in [-0.3, -0.25) is 24.1 Å². The third kappa shape index (κ3) is 9.29. The third-order valence-electron chi connectivity index (χ3n) is 11.4. The van der Waals surface area contributed by atoms with Gasteiger partial charge in [-0.15, -0.1) is 0 Å². The molecule has 0 aromatic rings. The molecule has 286 valence electrons. The molecule has 3 rings (SSSR count). The highest BCUT2D eigenvalue weighted by atomic mass is 16.6. The molecule has 2 saturated heterocycles. The number of likely N-dealkylation sites (tertiary alicyclic amines) is 2. The van der Waals surface area contributed by atoms with Crippen molar-refractivity contribution in [3.05, 3.63) is 0 Å². The van der Waals surface area contributed by atoms with Gasteiger partial charge in [0.05, 0.1) is 50.3 Å². The average molecular weight is 709 g/mol. The van der Waals surface area contributed by atoms with Gasteiger partial charge in [0.2, 0.25) is 17.7 Å². The minimum atomic E-state index is -0.852. The molecule has 0 radical (unpaired) electrons. The van der Waals surface area contributed by atoms with Gasteiger partial charge < -0.3 is 34.1 Å². The van der Waals surface area contributed by atoms with E-state index in [-0.39, 0.29) is 54.0 Å². The van der Waals surface area contributed by atoms with Gasteiger partial charge in [0.1, 0.15) is 12.1 Å². The molecule has 4 amide bonds. The molecule has 1 saturated carbocycles. The Morgan fingerprint density at radius 1 is 0.960 bits per heavy atom. The lowest BCUT2D eigenvalue weighted by atomic mass is 9.89. The molecule has 3 unspecified atom stereocenters. The first kappa shape index (κ1) is 41.5. The highest BCUT2D eigenvalue weighted by molar-refractivity contribution is 5.92. The SMILES string of the molecule is CCCCOC(=O)N1C2CCC(C2)C1C(=O)N[C@H](C(=O)N(C)[C@H]([C@H](CC(=O)N1CCC[C@H]1[C@H](OC)[C@@H](C)C(=O)OC)OC)[C@@H](C)CC)C(C)C. The molecule has 10 atom stereocenters. The van der Waals surface area contributed by atoms with E-state index in [0.29, 0.717) is 19.6 Å². The minimum absolute atomic E-state index is 0.0267. The summed E-state index contributed by atoms with van der Waals surface area (Å²) in [7, 11) is 6.15. The van der Waals surface area contributed by atoms with Crippen molar-refractivity contribution in [2.75, 3.05) is 41.5 Å². The largest absolute Gasteiger partial charge is 0.469 e. The van der Waals surface area contributed by atoms with Crippen LogP contribution in [0.25, 0.3) is 0 Å². The number of unbranched alkanes of at least 4 members (excludes halogenated alkanes) is 1. The van der Waals surface area contributed by atoms with E-state index in [2.05, 4.69) is 5.32 Å². The van der Waals surface area contributed by atoms with Gasteiger partial charge in [-0.2, -0.15) is 0 Å². The summed E-state index contributed by atoms with van der Waals surface area (Å²) < 4.78 is 22.2. The van der Waals surface area contributed by atoms with Gasteiger partial charge in [-0.05, 0) is 63.2 Å². The predicted octanol–water partition coefficient (Wildman–Crippen LogP) is 4.01. The van der Waals surface area contributed by atoms with E-state index >= 15 is 0 Å². The molecule has 3 aliphatic rings. The molecule has 50 heavy (non-hydrogen) atoms. The molecule has 1 aliphatic carbocycles. The predicted molar refractivity (Wildman–Crippen MR) is 188 cm³/mol. The Balaban J connectivity index is 1.79. The Morgan fingerprint density at radius 3 is 2.24 bits per heavy atom. The van der Waals surface area contributed by atoms with Crippen molar-refractivity contribution in [3.63, 3.8) is 0 Å². The van der Waals surface area contributed by atoms with E-state index in [1.54, 1.807) is 42.9 Å². The lowest BCUT2D eigenvalue weighted by Gasteiger charge is -2.41. The van der Waals surface area contributed by atoms with E-state index in [9.17, 15) is 24.0 Å². The van der Waals surface area contributed by atoms with Gasteiger partial charge in [-0.1, -0.05) is 47.5 Å². The minimum Gasteiger partial charge on any atom is -0.469 e. The van der Waals surface area contributed by atoms with Crippen LogP contribution in [0, 0.1) is 23.7 Å². The van der Waals surface area contributed by atoms with Crippen molar-refractivity contribution in [1.82, 2.24) is 20.0 Å². The van der Waals surface area contributed by atoms with Crippen LogP contribution >= 0.6 is 0 Å². The number of hydrogen-bond acceptors (Lipinski definition) is 9. The normalized spacial score (nSPS) is 25.1. The lowest BCUT2D eigenvalue weighted by molar-refractivity contribution is -0.154. The van der Waals surface area contributed by atoms with Crippen molar-refractivity contribution in [1.29, 1.82) is 0 Å². The van der Waals surface area contributed by atoms with Crippen molar-refractivity contribution >= 4 is 29.8 Å². The first-order valence-corrected chi connectivity index (χ1v) is 18.7. The Morgan fingerprint density at radius 2 is 1.66 bits per heavy atom. The molecule has 13 heteroatoms. The van der Waals surface area contributed by atoms with Crippen LogP contribution in [0.2, 0.25) is 0 Å². The first-order chi connectivity index (χ1) is 23.8. The van der Waals surface area contributed by atoms with Crippen LogP contribution in [-0.2, 0) is 38.1 Å². The molecule has 2 bridgehead atoms. The zero-order valence-corrected chi connectivity index (χ0v) is 32.1. The summed E-state index contributed by atoms with van der Waals surface area (Å²) in [6.45, 7) is 12.5. The first-order valence-electron chi connectivity index (χ1n) is 18.7. The lowest BCUT2D eigenvalue weighted by Crippen LogP contribution is -2.60. The fourth-order valence-corrected chi connectivity index (χ4v) is 8.42. The summed E-state index contributed by atoms with van der Waals surface area (Å²) in [6, 6.07) is -2.33. The molecular formula is C37H64N4O9. The van der Waals surface area contributed by atoms with Crippen LogP contribution < -0.4 is 5.32 Å². The topological polar surface area (TPSA) is 144 Å². The summed E-state index contributed by atoms with van der Waals surface area (Å²) in [6.07, 6.45) is 4.72. The number of methoxy groups -OCH3 is 3. The maximum Gasteiger partial charge on any atom is 0.410 e. The second kappa shape index (κ2) is 19.1. The fraction of sp³-hybridized carbons (Fsp3) is 0.865. The number of rotatable bonds is 18. The van der Waals surface area contributed by atoms with Gasteiger partial charge in [0.15, 0.2) is 0 Å². The fourth-order valence-electron chi connectivity index (χ4n) is 8.42. The van der Waals surface area contributed by atoms with Crippen LogP contribution in [0.4, 0.5) is 4.79 Å². The van der Waals surface area contributed by atoms with E-state index in [1.165, 1.54) is 7.11 Å². The standard InChI is InChI=1S/C37H64N4O9/c1-11-13-19-50-37(46)41-26-17-16-25(20-26)32(41)34(43)38-30(22(3)4)35(44)39(7)31(23(5)12-2)28(47-8)21-29(42)40-18-14-15-27(40)33(48-9)24(6)36(45)49-10/h22-28,30-33H,11-21H2,1-10H3,(H,38,43)/t23-,24+,25?,26?,27-,28-,30-,31-,32?,33+/m0/s1. The smallest absolute Gasteiger partial charge is 0.410 e.